The number of hydrogen-bond acceptors (Lipinski definition) is 4. The second-order valence-electron chi connectivity index (χ2n) is 5.84. The van der Waals surface area contributed by atoms with Gasteiger partial charge in [-0.05, 0) is 38.6 Å². The van der Waals surface area contributed by atoms with Gasteiger partial charge in [-0.2, -0.15) is 0 Å². The summed E-state index contributed by atoms with van der Waals surface area (Å²) in [7, 11) is -1.13. The zero-order valence-electron chi connectivity index (χ0n) is 12.9. The molecular weight excluding hydrogens is 310 g/mol. The van der Waals surface area contributed by atoms with Crippen LogP contribution in [0.25, 0.3) is 0 Å². The number of rotatable bonds is 5. The van der Waals surface area contributed by atoms with Gasteiger partial charge in [0.15, 0.2) is 9.84 Å². The van der Waals surface area contributed by atoms with Gasteiger partial charge in [-0.15, -0.1) is 0 Å². The summed E-state index contributed by atoms with van der Waals surface area (Å²) in [6.07, 6.45) is 2.16. The normalized spacial score (nSPS) is 17.4. The van der Waals surface area contributed by atoms with Crippen LogP contribution in [0.15, 0.2) is 12.1 Å². The van der Waals surface area contributed by atoms with E-state index < -0.39 is 15.1 Å². The van der Waals surface area contributed by atoms with Crippen molar-refractivity contribution in [3.8, 4) is 5.75 Å². The molecule has 0 spiro atoms. The molecule has 2 atom stereocenters. The number of sulfone groups is 1. The van der Waals surface area contributed by atoms with E-state index >= 15 is 0 Å². The van der Waals surface area contributed by atoms with E-state index in [0.29, 0.717) is 18.2 Å². The van der Waals surface area contributed by atoms with Crippen LogP contribution >= 0.6 is 11.6 Å². The summed E-state index contributed by atoms with van der Waals surface area (Å²) in [5, 5.41) is 0.280. The van der Waals surface area contributed by atoms with Crippen LogP contribution in [0.1, 0.15) is 25.0 Å². The van der Waals surface area contributed by atoms with Gasteiger partial charge in [-0.3, -0.25) is 4.90 Å². The standard InChI is InChI=1S/C15H22ClNO3S/c1-10(11(2)21(4,18)19)17(3)9-13-8-14(16)7-12-5-6-20-15(12)13/h7-8,10-11H,5-6,9H2,1-4H3. The van der Waals surface area contributed by atoms with Crippen molar-refractivity contribution in [1.82, 2.24) is 4.90 Å². The Kier molecular flexibility index (Phi) is 4.85. The van der Waals surface area contributed by atoms with Gasteiger partial charge in [-0.25, -0.2) is 8.42 Å². The Morgan fingerprint density at radius 2 is 2.05 bits per heavy atom. The third kappa shape index (κ3) is 3.71. The van der Waals surface area contributed by atoms with Crippen molar-refractivity contribution >= 4 is 21.4 Å². The van der Waals surface area contributed by atoms with Crippen molar-refractivity contribution in [1.29, 1.82) is 0 Å². The van der Waals surface area contributed by atoms with Crippen LogP contribution in [0.4, 0.5) is 0 Å². The highest BCUT2D eigenvalue weighted by molar-refractivity contribution is 7.91. The summed E-state index contributed by atoms with van der Waals surface area (Å²) >= 11 is 6.16. The molecule has 0 aliphatic carbocycles. The maximum atomic E-state index is 11.7. The minimum absolute atomic E-state index is 0.0870. The highest BCUT2D eigenvalue weighted by Crippen LogP contribution is 2.33. The monoisotopic (exact) mass is 331 g/mol. The van der Waals surface area contributed by atoms with Crippen molar-refractivity contribution in [3.05, 3.63) is 28.3 Å². The van der Waals surface area contributed by atoms with Gasteiger partial charge >= 0.3 is 0 Å². The molecular formula is C15H22ClNO3S. The molecule has 2 unspecified atom stereocenters. The number of benzene rings is 1. The molecule has 0 saturated carbocycles. The third-order valence-corrected chi connectivity index (χ3v) is 6.26. The zero-order chi connectivity index (χ0) is 15.8. The van der Waals surface area contributed by atoms with Crippen LogP contribution < -0.4 is 4.74 Å². The minimum atomic E-state index is -3.06. The lowest BCUT2D eigenvalue weighted by Gasteiger charge is -2.29. The molecule has 1 aromatic rings. The largest absolute Gasteiger partial charge is 0.493 e. The molecule has 0 N–H and O–H groups in total. The summed E-state index contributed by atoms with van der Waals surface area (Å²) in [5.74, 6) is 0.908. The third-order valence-electron chi connectivity index (χ3n) is 4.30. The molecule has 1 heterocycles. The summed E-state index contributed by atoms with van der Waals surface area (Å²) in [5.41, 5.74) is 2.15. The Labute approximate surface area is 132 Å². The molecule has 118 valence electrons. The van der Waals surface area contributed by atoms with Gasteiger partial charge in [0.1, 0.15) is 5.75 Å². The number of ether oxygens (including phenoxy) is 1. The molecule has 2 rings (SSSR count). The number of hydrogen-bond donors (Lipinski definition) is 0. The van der Waals surface area contributed by atoms with Gasteiger partial charge in [0.05, 0.1) is 11.9 Å². The SMILES string of the molecule is CC(C(C)S(C)(=O)=O)N(C)Cc1cc(Cl)cc2c1OCC2. The molecule has 0 aromatic heterocycles. The van der Waals surface area contributed by atoms with E-state index in [1.54, 1.807) is 6.92 Å². The number of fused-ring (bicyclic) bond motifs is 1. The summed E-state index contributed by atoms with van der Waals surface area (Å²) in [4.78, 5) is 2.03. The van der Waals surface area contributed by atoms with Crippen LogP contribution in [0.2, 0.25) is 5.02 Å². The fraction of sp³-hybridized carbons (Fsp3) is 0.600. The van der Waals surface area contributed by atoms with E-state index in [-0.39, 0.29) is 6.04 Å². The molecule has 6 heteroatoms. The van der Waals surface area contributed by atoms with Crippen LogP contribution in [0.5, 0.6) is 5.75 Å². The molecule has 21 heavy (non-hydrogen) atoms. The first-order valence-electron chi connectivity index (χ1n) is 7.03. The molecule has 4 nitrogen and oxygen atoms in total. The van der Waals surface area contributed by atoms with Crippen molar-refractivity contribution in [2.24, 2.45) is 0 Å². The first kappa shape index (κ1) is 16.6. The van der Waals surface area contributed by atoms with Gasteiger partial charge in [0, 0.05) is 35.8 Å². The van der Waals surface area contributed by atoms with Gasteiger partial charge in [0.25, 0.3) is 0 Å². The van der Waals surface area contributed by atoms with Crippen molar-refractivity contribution in [2.75, 3.05) is 19.9 Å². The topological polar surface area (TPSA) is 46.6 Å². The van der Waals surface area contributed by atoms with E-state index in [4.69, 9.17) is 16.3 Å². The first-order valence-corrected chi connectivity index (χ1v) is 9.36. The molecule has 0 radical (unpaired) electrons. The van der Waals surface area contributed by atoms with Crippen molar-refractivity contribution in [2.45, 2.75) is 38.1 Å². The predicted octanol–water partition coefficient (Wildman–Crippen LogP) is 2.53. The van der Waals surface area contributed by atoms with Crippen LogP contribution in [-0.2, 0) is 22.8 Å². The number of nitrogens with zero attached hydrogens (tertiary/aromatic N) is 1. The summed E-state index contributed by atoms with van der Waals surface area (Å²) < 4.78 is 29.1. The van der Waals surface area contributed by atoms with Gasteiger partial charge in [0.2, 0.25) is 0 Å². The minimum Gasteiger partial charge on any atom is -0.493 e. The quantitative estimate of drug-likeness (QED) is 0.831. The van der Waals surface area contributed by atoms with Crippen molar-refractivity contribution in [3.63, 3.8) is 0 Å². The first-order chi connectivity index (χ1) is 9.70. The van der Waals surface area contributed by atoms with E-state index in [2.05, 4.69) is 0 Å². The van der Waals surface area contributed by atoms with E-state index in [0.717, 1.165) is 23.3 Å². The zero-order valence-corrected chi connectivity index (χ0v) is 14.5. The van der Waals surface area contributed by atoms with Crippen molar-refractivity contribution < 1.29 is 13.2 Å². The highest BCUT2D eigenvalue weighted by atomic mass is 35.5. The van der Waals surface area contributed by atoms with Crippen LogP contribution in [0, 0.1) is 0 Å². The molecule has 0 saturated heterocycles. The van der Waals surface area contributed by atoms with Crippen LogP contribution in [-0.4, -0.2) is 44.5 Å². The Balaban J connectivity index is 2.19. The Hall–Kier alpha value is -0.780. The molecule has 0 bridgehead atoms. The Bertz CT molecular complexity index is 630. The fourth-order valence-corrected chi connectivity index (χ4v) is 3.78. The summed E-state index contributed by atoms with van der Waals surface area (Å²) in [6, 6.07) is 3.76. The lowest BCUT2D eigenvalue weighted by atomic mass is 10.1. The average Bonchev–Trinajstić information content (AvgIpc) is 2.83. The van der Waals surface area contributed by atoms with E-state index in [9.17, 15) is 8.42 Å². The van der Waals surface area contributed by atoms with Gasteiger partial charge in [-0.1, -0.05) is 11.6 Å². The Morgan fingerprint density at radius 1 is 1.38 bits per heavy atom. The number of halogens is 1. The maximum absolute atomic E-state index is 11.7. The Morgan fingerprint density at radius 3 is 2.67 bits per heavy atom. The van der Waals surface area contributed by atoms with Gasteiger partial charge < -0.3 is 4.74 Å². The van der Waals surface area contributed by atoms with E-state index in [1.807, 2.05) is 31.0 Å². The maximum Gasteiger partial charge on any atom is 0.151 e. The molecule has 1 aliphatic rings. The second-order valence-corrected chi connectivity index (χ2v) is 8.68. The van der Waals surface area contributed by atoms with E-state index in [1.165, 1.54) is 6.26 Å². The van der Waals surface area contributed by atoms with Crippen LogP contribution in [0.3, 0.4) is 0 Å². The predicted molar refractivity (Wildman–Crippen MR) is 85.9 cm³/mol. The fourth-order valence-electron chi connectivity index (χ4n) is 2.59. The molecule has 0 amide bonds. The second kappa shape index (κ2) is 6.15. The molecule has 1 aliphatic heterocycles. The molecule has 0 fully saturated rings. The lowest BCUT2D eigenvalue weighted by molar-refractivity contribution is 0.240. The summed E-state index contributed by atoms with van der Waals surface area (Å²) in [6.45, 7) is 4.97. The average molecular weight is 332 g/mol. The highest BCUT2D eigenvalue weighted by Gasteiger charge is 2.27. The smallest absolute Gasteiger partial charge is 0.151 e. The molecule has 1 aromatic carbocycles. The lowest BCUT2D eigenvalue weighted by Crippen LogP contribution is -2.40.